The molecule has 0 radical (unpaired) electrons. The zero-order valence-electron chi connectivity index (χ0n) is 9.53. The third kappa shape index (κ3) is 3.20. The molecule has 0 saturated heterocycles. The van der Waals surface area contributed by atoms with Crippen molar-refractivity contribution in [2.24, 2.45) is 5.11 Å². The summed E-state index contributed by atoms with van der Waals surface area (Å²) in [5.74, 6) is 0. The number of benzene rings is 1. The summed E-state index contributed by atoms with van der Waals surface area (Å²) in [6.45, 7) is 3.57. The van der Waals surface area contributed by atoms with Crippen molar-refractivity contribution in [3.63, 3.8) is 0 Å². The summed E-state index contributed by atoms with van der Waals surface area (Å²) in [4.78, 5) is 2.48. The Labute approximate surface area is 99.7 Å². The molecule has 0 spiro atoms. The van der Waals surface area contributed by atoms with Crippen LogP contribution in [0.5, 0.6) is 0 Å². The standard InChI is InChI=1S/C10H13N3O3S/c1-3-9(12-13-11)8-6-7(2)4-5-10(8)17(14,15)16/h4-6,9H,3H2,1-2H3,(H,14,15,16). The number of hydrogen-bond acceptors (Lipinski definition) is 3. The van der Waals surface area contributed by atoms with Gasteiger partial charge in [0.1, 0.15) is 0 Å². The average molecular weight is 255 g/mol. The fourth-order valence-electron chi connectivity index (χ4n) is 1.59. The van der Waals surface area contributed by atoms with E-state index in [1.807, 2.05) is 0 Å². The van der Waals surface area contributed by atoms with Crippen LogP contribution in [0.3, 0.4) is 0 Å². The van der Waals surface area contributed by atoms with Gasteiger partial charge < -0.3 is 0 Å². The van der Waals surface area contributed by atoms with Gasteiger partial charge in [-0.15, -0.1) is 0 Å². The summed E-state index contributed by atoms with van der Waals surface area (Å²) in [6.07, 6.45) is 0.454. The maximum Gasteiger partial charge on any atom is 0.294 e. The molecule has 0 amide bonds. The molecule has 0 heterocycles. The molecule has 6 nitrogen and oxygen atoms in total. The van der Waals surface area contributed by atoms with E-state index in [1.54, 1.807) is 26.0 Å². The van der Waals surface area contributed by atoms with Crippen LogP contribution in [0.25, 0.3) is 10.4 Å². The summed E-state index contributed by atoms with van der Waals surface area (Å²) < 4.78 is 31.5. The topological polar surface area (TPSA) is 103 Å². The van der Waals surface area contributed by atoms with E-state index >= 15 is 0 Å². The van der Waals surface area contributed by atoms with E-state index in [0.717, 1.165) is 5.56 Å². The second-order valence-electron chi connectivity index (χ2n) is 3.65. The van der Waals surface area contributed by atoms with Crippen LogP contribution in [0, 0.1) is 6.92 Å². The molecule has 92 valence electrons. The van der Waals surface area contributed by atoms with Gasteiger partial charge in [-0.25, -0.2) is 0 Å². The predicted octanol–water partition coefficient (Wildman–Crippen LogP) is 3.00. The van der Waals surface area contributed by atoms with Crippen LogP contribution >= 0.6 is 0 Å². The Hall–Kier alpha value is -1.56. The number of aryl methyl sites for hydroxylation is 1. The normalized spacial score (nSPS) is 12.9. The maximum atomic E-state index is 11.2. The molecule has 1 unspecified atom stereocenters. The van der Waals surface area contributed by atoms with Gasteiger partial charge in [0.25, 0.3) is 10.1 Å². The Bertz CT molecular complexity index is 562. The summed E-state index contributed by atoms with van der Waals surface area (Å²) in [7, 11) is -4.31. The maximum absolute atomic E-state index is 11.2. The van der Waals surface area contributed by atoms with E-state index in [2.05, 4.69) is 10.0 Å². The molecule has 0 aromatic heterocycles. The smallest absolute Gasteiger partial charge is 0.282 e. The Morgan fingerprint density at radius 2 is 2.18 bits per heavy atom. The Morgan fingerprint density at radius 3 is 2.65 bits per heavy atom. The average Bonchev–Trinajstić information content (AvgIpc) is 2.24. The molecular weight excluding hydrogens is 242 g/mol. The van der Waals surface area contributed by atoms with Gasteiger partial charge in [0, 0.05) is 4.91 Å². The number of hydrogen-bond donors (Lipinski definition) is 1. The van der Waals surface area contributed by atoms with Gasteiger partial charge in [0.2, 0.25) is 0 Å². The van der Waals surface area contributed by atoms with Crippen molar-refractivity contribution in [1.82, 2.24) is 0 Å². The lowest BCUT2D eigenvalue weighted by atomic mass is 10.0. The SMILES string of the molecule is CCC(N=[N+]=[N-])c1cc(C)ccc1S(=O)(=O)O. The van der Waals surface area contributed by atoms with Gasteiger partial charge in [-0.2, -0.15) is 8.42 Å². The minimum absolute atomic E-state index is 0.206. The van der Waals surface area contributed by atoms with Crippen molar-refractivity contribution < 1.29 is 13.0 Å². The third-order valence-electron chi connectivity index (χ3n) is 2.38. The molecule has 0 aliphatic carbocycles. The largest absolute Gasteiger partial charge is 0.294 e. The van der Waals surface area contributed by atoms with Crippen LogP contribution in [0.1, 0.15) is 30.5 Å². The molecule has 1 rings (SSSR count). The monoisotopic (exact) mass is 255 g/mol. The molecular formula is C10H13N3O3S. The third-order valence-corrected chi connectivity index (χ3v) is 3.31. The molecule has 0 bridgehead atoms. The molecule has 0 saturated carbocycles. The molecule has 0 fully saturated rings. The summed E-state index contributed by atoms with van der Waals surface area (Å²) in [5.41, 5.74) is 9.60. The summed E-state index contributed by atoms with van der Waals surface area (Å²) in [5, 5.41) is 3.53. The fraction of sp³-hybridized carbons (Fsp3) is 0.400. The van der Waals surface area contributed by atoms with Crippen LogP contribution in [0.4, 0.5) is 0 Å². The number of nitrogens with zero attached hydrogens (tertiary/aromatic N) is 3. The van der Waals surface area contributed by atoms with Gasteiger partial charge in [-0.05, 0) is 30.5 Å². The highest BCUT2D eigenvalue weighted by molar-refractivity contribution is 7.85. The van der Waals surface area contributed by atoms with Crippen LogP contribution in [0.2, 0.25) is 0 Å². The molecule has 1 atom stereocenters. The fourth-order valence-corrected chi connectivity index (χ4v) is 2.32. The first-order valence-electron chi connectivity index (χ1n) is 5.02. The molecule has 0 aliphatic heterocycles. The molecule has 17 heavy (non-hydrogen) atoms. The van der Waals surface area contributed by atoms with E-state index in [4.69, 9.17) is 10.1 Å². The van der Waals surface area contributed by atoms with E-state index in [9.17, 15) is 8.42 Å². The highest BCUT2D eigenvalue weighted by Crippen LogP contribution is 2.28. The molecule has 1 aromatic carbocycles. The molecule has 0 aliphatic rings. The highest BCUT2D eigenvalue weighted by atomic mass is 32.2. The summed E-state index contributed by atoms with van der Waals surface area (Å²) >= 11 is 0. The first-order chi connectivity index (χ1) is 7.90. The van der Waals surface area contributed by atoms with Crippen molar-refractivity contribution in [2.45, 2.75) is 31.2 Å². The minimum Gasteiger partial charge on any atom is -0.282 e. The zero-order chi connectivity index (χ0) is 13.1. The van der Waals surface area contributed by atoms with Crippen molar-refractivity contribution in [2.75, 3.05) is 0 Å². The van der Waals surface area contributed by atoms with Gasteiger partial charge >= 0.3 is 0 Å². The quantitative estimate of drug-likeness (QED) is 0.387. The Kier molecular flexibility index (Phi) is 4.11. The minimum atomic E-state index is -4.31. The molecule has 1 aromatic rings. The zero-order valence-corrected chi connectivity index (χ0v) is 10.3. The van der Waals surface area contributed by atoms with Crippen LogP contribution < -0.4 is 0 Å². The van der Waals surface area contributed by atoms with Gasteiger partial charge in [0.05, 0.1) is 10.9 Å². The molecule has 1 N–H and O–H groups in total. The Balaban J connectivity index is 3.48. The van der Waals surface area contributed by atoms with Crippen molar-refractivity contribution in [1.29, 1.82) is 0 Å². The highest BCUT2D eigenvalue weighted by Gasteiger charge is 2.20. The van der Waals surface area contributed by atoms with E-state index < -0.39 is 16.2 Å². The van der Waals surface area contributed by atoms with E-state index in [-0.39, 0.29) is 4.90 Å². The van der Waals surface area contributed by atoms with Crippen LogP contribution in [-0.4, -0.2) is 13.0 Å². The second kappa shape index (κ2) is 5.18. The van der Waals surface area contributed by atoms with Gasteiger partial charge in [-0.1, -0.05) is 29.7 Å². The van der Waals surface area contributed by atoms with Crippen LogP contribution in [0.15, 0.2) is 28.2 Å². The Morgan fingerprint density at radius 1 is 1.53 bits per heavy atom. The van der Waals surface area contributed by atoms with Crippen LogP contribution in [-0.2, 0) is 10.1 Å². The second-order valence-corrected chi connectivity index (χ2v) is 5.04. The first-order valence-corrected chi connectivity index (χ1v) is 6.46. The van der Waals surface area contributed by atoms with E-state index in [0.29, 0.717) is 12.0 Å². The lowest BCUT2D eigenvalue weighted by Crippen LogP contribution is -2.06. The summed E-state index contributed by atoms with van der Waals surface area (Å²) in [6, 6.07) is 3.90. The number of azide groups is 1. The number of rotatable bonds is 4. The lowest BCUT2D eigenvalue weighted by molar-refractivity contribution is 0.480. The predicted molar refractivity (Wildman–Crippen MR) is 63.2 cm³/mol. The van der Waals surface area contributed by atoms with Crippen molar-refractivity contribution >= 4 is 10.1 Å². The van der Waals surface area contributed by atoms with E-state index in [1.165, 1.54) is 6.07 Å². The van der Waals surface area contributed by atoms with Crippen molar-refractivity contribution in [3.05, 3.63) is 39.8 Å². The van der Waals surface area contributed by atoms with Gasteiger partial charge in [0.15, 0.2) is 0 Å². The van der Waals surface area contributed by atoms with Gasteiger partial charge in [-0.3, -0.25) is 4.55 Å². The first kappa shape index (κ1) is 13.5. The van der Waals surface area contributed by atoms with Crippen molar-refractivity contribution in [3.8, 4) is 0 Å². The molecule has 7 heteroatoms. The lowest BCUT2D eigenvalue weighted by Gasteiger charge is -2.13.